The summed E-state index contributed by atoms with van der Waals surface area (Å²) >= 11 is 0. The highest BCUT2D eigenvalue weighted by atomic mass is 16.3. The molecule has 23 heavy (non-hydrogen) atoms. The smallest absolute Gasteiger partial charge is 0.0460 e. The average Bonchev–Trinajstić information content (AvgIpc) is 2.62. The Kier molecular flexibility index (Phi) is 5.31. The lowest BCUT2D eigenvalue weighted by molar-refractivity contribution is 0.0996. The Labute approximate surface area is 138 Å². The van der Waals surface area contributed by atoms with Crippen molar-refractivity contribution in [1.29, 1.82) is 0 Å². The van der Waals surface area contributed by atoms with Crippen molar-refractivity contribution in [2.45, 2.75) is 25.3 Å². The largest absolute Gasteiger partial charge is 0.399 e. The Morgan fingerprint density at radius 1 is 1.00 bits per heavy atom. The van der Waals surface area contributed by atoms with E-state index >= 15 is 0 Å². The van der Waals surface area contributed by atoms with Crippen molar-refractivity contribution in [3.8, 4) is 0 Å². The normalized spacial score (nSPS) is 18.0. The van der Waals surface area contributed by atoms with Crippen LogP contribution in [0.15, 0.2) is 54.6 Å². The van der Waals surface area contributed by atoms with Crippen LogP contribution in [0.25, 0.3) is 0 Å². The van der Waals surface area contributed by atoms with E-state index in [1.54, 1.807) is 0 Å². The van der Waals surface area contributed by atoms with Gasteiger partial charge >= 0.3 is 0 Å². The molecule has 0 spiro atoms. The first-order chi connectivity index (χ1) is 11.3. The van der Waals surface area contributed by atoms with Crippen molar-refractivity contribution in [1.82, 2.24) is 4.90 Å². The molecule has 122 valence electrons. The highest BCUT2D eigenvalue weighted by molar-refractivity contribution is 5.39. The number of rotatable bonds is 5. The highest BCUT2D eigenvalue weighted by Crippen LogP contribution is 2.29. The van der Waals surface area contributed by atoms with Gasteiger partial charge in [0.25, 0.3) is 0 Å². The van der Waals surface area contributed by atoms with Crippen LogP contribution in [0.3, 0.4) is 0 Å². The van der Waals surface area contributed by atoms with Gasteiger partial charge in [-0.3, -0.25) is 4.90 Å². The molecule has 1 saturated heterocycles. The molecular formula is C20H26N2O. The number of hydrogen-bond acceptors (Lipinski definition) is 3. The Morgan fingerprint density at radius 3 is 2.26 bits per heavy atom. The summed E-state index contributed by atoms with van der Waals surface area (Å²) in [4.78, 5) is 2.57. The average molecular weight is 310 g/mol. The van der Waals surface area contributed by atoms with Crippen LogP contribution in [-0.2, 0) is 6.42 Å². The monoisotopic (exact) mass is 310 g/mol. The molecular weight excluding hydrogens is 284 g/mol. The minimum absolute atomic E-state index is 0.321. The number of piperidine rings is 1. The maximum atomic E-state index is 9.36. The Bertz CT molecular complexity index is 589. The lowest BCUT2D eigenvalue weighted by Crippen LogP contribution is -2.38. The molecule has 3 heteroatoms. The van der Waals surface area contributed by atoms with Crippen LogP contribution < -0.4 is 5.73 Å². The summed E-state index contributed by atoms with van der Waals surface area (Å²) in [6.07, 6.45) is 3.16. The van der Waals surface area contributed by atoms with Gasteiger partial charge in [0.1, 0.15) is 0 Å². The lowest BCUT2D eigenvalue weighted by atomic mass is 9.92. The van der Waals surface area contributed by atoms with Gasteiger partial charge < -0.3 is 10.8 Å². The second kappa shape index (κ2) is 7.62. The molecule has 0 saturated carbocycles. The molecule has 1 aliphatic rings. The summed E-state index contributed by atoms with van der Waals surface area (Å²) in [7, 11) is 0. The lowest BCUT2D eigenvalue weighted by Gasteiger charge is -2.37. The number of aliphatic hydroxyl groups excluding tert-OH is 1. The van der Waals surface area contributed by atoms with E-state index in [9.17, 15) is 5.11 Å². The van der Waals surface area contributed by atoms with Gasteiger partial charge in [-0.1, -0.05) is 42.5 Å². The first-order valence-electron chi connectivity index (χ1n) is 8.50. The summed E-state index contributed by atoms with van der Waals surface area (Å²) < 4.78 is 0. The molecule has 2 aromatic carbocycles. The predicted octanol–water partition coefficient (Wildman–Crippen LogP) is 3.26. The number of nitrogens with two attached hydrogens (primary N) is 1. The fourth-order valence-electron chi connectivity index (χ4n) is 3.46. The molecule has 3 rings (SSSR count). The number of nitrogens with zero attached hydrogens (tertiary/aromatic N) is 1. The van der Waals surface area contributed by atoms with E-state index in [1.165, 1.54) is 11.1 Å². The zero-order valence-corrected chi connectivity index (χ0v) is 13.6. The van der Waals surface area contributed by atoms with Crippen LogP contribution in [0, 0.1) is 5.92 Å². The third-order valence-electron chi connectivity index (χ3n) is 4.94. The minimum Gasteiger partial charge on any atom is -0.399 e. The van der Waals surface area contributed by atoms with E-state index in [4.69, 9.17) is 5.73 Å². The number of aliphatic hydroxyl groups is 1. The summed E-state index contributed by atoms with van der Waals surface area (Å²) in [6.45, 7) is 2.43. The molecule has 1 unspecified atom stereocenters. The minimum atomic E-state index is 0.321. The van der Waals surface area contributed by atoms with Crippen LogP contribution in [0.5, 0.6) is 0 Å². The van der Waals surface area contributed by atoms with Crippen LogP contribution >= 0.6 is 0 Å². The third kappa shape index (κ3) is 4.12. The zero-order chi connectivity index (χ0) is 16.1. The van der Waals surface area contributed by atoms with Gasteiger partial charge in [-0.15, -0.1) is 0 Å². The quantitative estimate of drug-likeness (QED) is 0.834. The predicted molar refractivity (Wildman–Crippen MR) is 95.1 cm³/mol. The maximum Gasteiger partial charge on any atom is 0.0460 e. The fraction of sp³-hybridized carbons (Fsp3) is 0.400. The van der Waals surface area contributed by atoms with Crippen molar-refractivity contribution < 1.29 is 5.11 Å². The van der Waals surface area contributed by atoms with Crippen LogP contribution in [0.1, 0.15) is 30.0 Å². The Hall–Kier alpha value is -1.84. The molecule has 3 nitrogen and oxygen atoms in total. The van der Waals surface area contributed by atoms with E-state index in [0.29, 0.717) is 18.6 Å². The molecule has 1 atom stereocenters. The zero-order valence-electron chi connectivity index (χ0n) is 13.6. The van der Waals surface area contributed by atoms with E-state index < -0.39 is 0 Å². The van der Waals surface area contributed by atoms with Gasteiger partial charge in [-0.2, -0.15) is 0 Å². The molecule has 1 fully saturated rings. The second-order valence-electron chi connectivity index (χ2n) is 6.53. The second-order valence-corrected chi connectivity index (χ2v) is 6.53. The van der Waals surface area contributed by atoms with Crippen LogP contribution in [-0.4, -0.2) is 29.7 Å². The third-order valence-corrected chi connectivity index (χ3v) is 4.94. The van der Waals surface area contributed by atoms with E-state index in [1.807, 2.05) is 12.1 Å². The van der Waals surface area contributed by atoms with Crippen LogP contribution in [0.4, 0.5) is 5.69 Å². The Balaban J connectivity index is 1.78. The van der Waals surface area contributed by atoms with Crippen molar-refractivity contribution in [2.24, 2.45) is 5.92 Å². The van der Waals surface area contributed by atoms with Crippen molar-refractivity contribution >= 4 is 5.69 Å². The van der Waals surface area contributed by atoms with Crippen molar-refractivity contribution in [2.75, 3.05) is 25.4 Å². The highest BCUT2D eigenvalue weighted by Gasteiger charge is 2.25. The fourth-order valence-corrected chi connectivity index (χ4v) is 3.46. The summed E-state index contributed by atoms with van der Waals surface area (Å²) in [5.74, 6) is 0.471. The molecule has 0 radical (unpaired) electrons. The van der Waals surface area contributed by atoms with E-state index in [-0.39, 0.29) is 0 Å². The summed E-state index contributed by atoms with van der Waals surface area (Å²) in [5.41, 5.74) is 9.31. The number of nitrogen functional groups attached to an aromatic ring is 1. The summed E-state index contributed by atoms with van der Waals surface area (Å²) in [6, 6.07) is 19.4. The molecule has 0 aliphatic carbocycles. The van der Waals surface area contributed by atoms with Gasteiger partial charge in [0.15, 0.2) is 0 Å². The summed E-state index contributed by atoms with van der Waals surface area (Å²) in [5, 5.41) is 9.36. The first kappa shape index (κ1) is 16.0. The van der Waals surface area contributed by atoms with Gasteiger partial charge in [0, 0.05) is 18.3 Å². The van der Waals surface area contributed by atoms with Gasteiger partial charge in [-0.25, -0.2) is 0 Å². The molecule has 0 aromatic heterocycles. The molecule has 0 amide bonds. The van der Waals surface area contributed by atoms with Gasteiger partial charge in [0.05, 0.1) is 0 Å². The van der Waals surface area contributed by atoms with Gasteiger partial charge in [-0.05, 0) is 61.5 Å². The molecule has 1 aliphatic heterocycles. The molecule has 0 bridgehead atoms. The van der Waals surface area contributed by atoms with Crippen molar-refractivity contribution in [3.63, 3.8) is 0 Å². The first-order valence-corrected chi connectivity index (χ1v) is 8.50. The van der Waals surface area contributed by atoms with Crippen LogP contribution in [0.2, 0.25) is 0 Å². The standard InChI is InChI=1S/C20H26N2O/c21-19-8-6-16(7-9-19)14-20(18-4-2-1-3-5-18)22-12-10-17(15-23)11-13-22/h1-9,17,20,23H,10-15,21H2. The topological polar surface area (TPSA) is 49.5 Å². The molecule has 1 heterocycles. The number of likely N-dealkylation sites (tertiary alicyclic amines) is 1. The van der Waals surface area contributed by atoms with Crippen molar-refractivity contribution in [3.05, 3.63) is 65.7 Å². The molecule has 3 N–H and O–H groups in total. The van der Waals surface area contributed by atoms with Gasteiger partial charge in [0.2, 0.25) is 0 Å². The number of benzene rings is 2. The van der Waals surface area contributed by atoms with E-state index in [0.717, 1.165) is 38.0 Å². The Morgan fingerprint density at radius 2 is 1.65 bits per heavy atom. The SMILES string of the molecule is Nc1ccc(CC(c2ccccc2)N2CCC(CO)CC2)cc1. The number of hydrogen-bond donors (Lipinski definition) is 2. The number of anilines is 1. The van der Waals surface area contributed by atoms with E-state index in [2.05, 4.69) is 47.4 Å². The molecule has 2 aromatic rings. The maximum absolute atomic E-state index is 9.36.